The third-order valence-corrected chi connectivity index (χ3v) is 4.92. The number of hydrogen-bond acceptors (Lipinski definition) is 4. The lowest BCUT2D eigenvalue weighted by Gasteiger charge is -2.24. The number of benzene rings is 1. The Morgan fingerprint density at radius 1 is 1.17 bits per heavy atom. The Balaban J connectivity index is 1.93. The SMILES string of the molecule is CC(C)=CCCc1ccc2c(c1)C(=O)C1=C(SCC(=O)N1)C2=O. The van der Waals surface area contributed by atoms with E-state index < -0.39 is 0 Å². The van der Waals surface area contributed by atoms with E-state index in [4.69, 9.17) is 0 Å². The van der Waals surface area contributed by atoms with E-state index in [0.29, 0.717) is 16.0 Å². The van der Waals surface area contributed by atoms with Gasteiger partial charge in [-0.25, -0.2) is 0 Å². The molecule has 1 aromatic carbocycles. The molecule has 1 heterocycles. The Morgan fingerprint density at radius 2 is 1.96 bits per heavy atom. The number of thioether (sulfide) groups is 1. The van der Waals surface area contributed by atoms with Gasteiger partial charge in [0, 0.05) is 11.1 Å². The zero-order valence-corrected chi connectivity index (χ0v) is 13.9. The monoisotopic (exact) mass is 327 g/mol. The second kappa shape index (κ2) is 6.16. The molecular formula is C18H17NO3S. The van der Waals surface area contributed by atoms with Crippen molar-refractivity contribution in [2.75, 3.05) is 5.75 Å². The molecule has 0 unspecified atom stereocenters. The fraction of sp³-hybridized carbons (Fsp3) is 0.278. The van der Waals surface area contributed by atoms with E-state index in [1.165, 1.54) is 5.57 Å². The average molecular weight is 327 g/mol. The van der Waals surface area contributed by atoms with Crippen LogP contribution in [0, 0.1) is 0 Å². The van der Waals surface area contributed by atoms with Crippen molar-refractivity contribution in [1.82, 2.24) is 5.32 Å². The van der Waals surface area contributed by atoms with Crippen molar-refractivity contribution < 1.29 is 14.4 Å². The van der Waals surface area contributed by atoms with E-state index in [-0.39, 0.29) is 28.9 Å². The third-order valence-electron chi connectivity index (χ3n) is 3.83. The number of rotatable bonds is 3. The van der Waals surface area contributed by atoms with Crippen molar-refractivity contribution >= 4 is 29.2 Å². The molecule has 0 radical (unpaired) electrons. The number of allylic oxidation sites excluding steroid dienone is 4. The predicted octanol–water partition coefficient (Wildman–Crippen LogP) is 3.04. The fourth-order valence-electron chi connectivity index (χ4n) is 2.70. The van der Waals surface area contributed by atoms with Crippen molar-refractivity contribution in [3.05, 3.63) is 57.1 Å². The van der Waals surface area contributed by atoms with Crippen LogP contribution < -0.4 is 5.32 Å². The highest BCUT2D eigenvalue weighted by molar-refractivity contribution is 8.04. The molecule has 1 aliphatic heterocycles. The highest BCUT2D eigenvalue weighted by atomic mass is 32.2. The maximum atomic E-state index is 12.6. The molecule has 0 saturated carbocycles. The van der Waals surface area contributed by atoms with Crippen LogP contribution in [0.15, 0.2) is 40.5 Å². The van der Waals surface area contributed by atoms with E-state index >= 15 is 0 Å². The normalized spacial score (nSPS) is 16.7. The molecule has 2 aliphatic rings. The maximum absolute atomic E-state index is 12.6. The van der Waals surface area contributed by atoms with Gasteiger partial charge in [-0.05, 0) is 44.4 Å². The number of ketones is 2. The molecule has 23 heavy (non-hydrogen) atoms. The number of aryl methyl sites for hydroxylation is 1. The summed E-state index contributed by atoms with van der Waals surface area (Å²) in [5.74, 6) is -0.499. The highest BCUT2D eigenvalue weighted by Gasteiger charge is 2.36. The van der Waals surface area contributed by atoms with Gasteiger partial charge in [0.15, 0.2) is 0 Å². The zero-order chi connectivity index (χ0) is 16.6. The van der Waals surface area contributed by atoms with Crippen molar-refractivity contribution in [1.29, 1.82) is 0 Å². The van der Waals surface area contributed by atoms with Crippen LogP contribution in [0.3, 0.4) is 0 Å². The third kappa shape index (κ3) is 3.01. The Morgan fingerprint density at radius 3 is 2.70 bits per heavy atom. The maximum Gasteiger partial charge on any atom is 0.234 e. The van der Waals surface area contributed by atoms with Crippen LogP contribution in [-0.4, -0.2) is 23.2 Å². The minimum atomic E-state index is -0.265. The van der Waals surface area contributed by atoms with Crippen LogP contribution >= 0.6 is 11.8 Å². The minimum Gasteiger partial charge on any atom is -0.321 e. The number of fused-ring (bicyclic) bond motifs is 1. The molecule has 0 bridgehead atoms. The quantitative estimate of drug-likeness (QED) is 0.867. The number of nitrogens with one attached hydrogen (secondary N) is 1. The van der Waals surface area contributed by atoms with Gasteiger partial charge in [-0.1, -0.05) is 17.7 Å². The van der Waals surface area contributed by atoms with Gasteiger partial charge in [0.25, 0.3) is 0 Å². The first-order valence-electron chi connectivity index (χ1n) is 7.50. The van der Waals surface area contributed by atoms with Gasteiger partial charge in [0.05, 0.1) is 10.7 Å². The minimum absolute atomic E-state index is 0.144. The van der Waals surface area contributed by atoms with Crippen LogP contribution in [0.25, 0.3) is 0 Å². The van der Waals surface area contributed by atoms with Gasteiger partial charge >= 0.3 is 0 Å². The summed E-state index contributed by atoms with van der Waals surface area (Å²) in [6.07, 6.45) is 3.85. The standard InChI is InChI=1S/C18H17NO3S/c1-10(2)4-3-5-11-6-7-12-13(8-11)16(21)15-18(17(12)22)23-9-14(20)19-15/h4,6-8H,3,5,9H2,1-2H3,(H,19,20). The molecule has 1 N–H and O–H groups in total. The van der Waals surface area contributed by atoms with Gasteiger partial charge in [-0.15, -0.1) is 11.8 Å². The molecule has 4 nitrogen and oxygen atoms in total. The second-order valence-corrected chi connectivity index (χ2v) is 6.88. The van der Waals surface area contributed by atoms with E-state index in [0.717, 1.165) is 30.2 Å². The lowest BCUT2D eigenvalue weighted by atomic mass is 9.90. The lowest BCUT2D eigenvalue weighted by molar-refractivity contribution is -0.117. The smallest absolute Gasteiger partial charge is 0.234 e. The molecule has 0 aromatic heterocycles. The predicted molar refractivity (Wildman–Crippen MR) is 90.5 cm³/mol. The van der Waals surface area contributed by atoms with Gasteiger partial charge in [0.2, 0.25) is 17.5 Å². The molecule has 1 aliphatic carbocycles. The highest BCUT2D eigenvalue weighted by Crippen LogP contribution is 2.34. The zero-order valence-electron chi connectivity index (χ0n) is 13.1. The van der Waals surface area contributed by atoms with Crippen LogP contribution in [0.5, 0.6) is 0 Å². The molecule has 1 amide bonds. The summed E-state index contributed by atoms with van der Waals surface area (Å²) < 4.78 is 0. The van der Waals surface area contributed by atoms with Crippen LogP contribution in [-0.2, 0) is 11.2 Å². The number of amides is 1. The molecule has 1 aromatic rings. The summed E-state index contributed by atoms with van der Waals surface area (Å²) in [6.45, 7) is 4.10. The van der Waals surface area contributed by atoms with E-state index in [2.05, 4.69) is 11.4 Å². The van der Waals surface area contributed by atoms with Crippen LogP contribution in [0.2, 0.25) is 0 Å². The van der Waals surface area contributed by atoms with Crippen LogP contribution in [0.1, 0.15) is 46.5 Å². The summed E-state index contributed by atoms with van der Waals surface area (Å²) >= 11 is 1.14. The number of Topliss-reactive ketones (excluding diaryl/α,β-unsaturated/α-hetero) is 2. The van der Waals surface area contributed by atoms with Gasteiger partial charge in [0.1, 0.15) is 5.70 Å². The first kappa shape index (κ1) is 15.7. The fourth-order valence-corrected chi connectivity index (χ4v) is 3.58. The van der Waals surface area contributed by atoms with Crippen molar-refractivity contribution in [3.63, 3.8) is 0 Å². The van der Waals surface area contributed by atoms with Crippen molar-refractivity contribution in [3.8, 4) is 0 Å². The van der Waals surface area contributed by atoms with Crippen molar-refractivity contribution in [2.24, 2.45) is 0 Å². The van der Waals surface area contributed by atoms with Gasteiger partial charge < -0.3 is 5.32 Å². The molecule has 3 rings (SSSR count). The summed E-state index contributed by atoms with van der Waals surface area (Å²) in [5.41, 5.74) is 3.24. The first-order chi connectivity index (χ1) is 11.0. The van der Waals surface area contributed by atoms with Gasteiger partial charge in [-0.2, -0.15) is 0 Å². The molecule has 0 spiro atoms. The molecule has 0 atom stereocenters. The Labute approximate surface area is 139 Å². The van der Waals surface area contributed by atoms with Crippen LogP contribution in [0.4, 0.5) is 0 Å². The second-order valence-electron chi connectivity index (χ2n) is 5.90. The Bertz CT molecular complexity index is 785. The molecule has 0 saturated heterocycles. The van der Waals surface area contributed by atoms with Crippen molar-refractivity contribution in [2.45, 2.75) is 26.7 Å². The molecule has 118 valence electrons. The lowest BCUT2D eigenvalue weighted by Crippen LogP contribution is -2.37. The van der Waals surface area contributed by atoms with Gasteiger partial charge in [-0.3, -0.25) is 14.4 Å². The number of hydrogen-bond donors (Lipinski definition) is 1. The number of carbonyl (C=O) groups is 3. The summed E-state index contributed by atoms with van der Waals surface area (Å²) in [6, 6.07) is 5.41. The average Bonchev–Trinajstić information content (AvgIpc) is 2.52. The Hall–Kier alpha value is -2.14. The molecule has 0 fully saturated rings. The number of carbonyl (C=O) groups excluding carboxylic acids is 3. The van der Waals surface area contributed by atoms with E-state index in [1.54, 1.807) is 12.1 Å². The van der Waals surface area contributed by atoms with E-state index in [1.807, 2.05) is 19.9 Å². The summed E-state index contributed by atoms with van der Waals surface area (Å²) in [5, 5.41) is 2.56. The first-order valence-corrected chi connectivity index (χ1v) is 8.48. The topological polar surface area (TPSA) is 63.2 Å². The summed E-state index contributed by atoms with van der Waals surface area (Å²) in [4.78, 5) is 37.0. The molecular weight excluding hydrogens is 310 g/mol. The summed E-state index contributed by atoms with van der Waals surface area (Å²) in [7, 11) is 0. The largest absolute Gasteiger partial charge is 0.321 e. The Kier molecular flexibility index (Phi) is 4.22. The molecule has 5 heteroatoms. The van der Waals surface area contributed by atoms with E-state index in [9.17, 15) is 14.4 Å².